The van der Waals surface area contributed by atoms with Crippen LogP contribution in [0.2, 0.25) is 0 Å². The van der Waals surface area contributed by atoms with E-state index in [0.717, 1.165) is 19.3 Å². The van der Waals surface area contributed by atoms with Crippen molar-refractivity contribution in [2.75, 3.05) is 25.1 Å². The number of hydrogen-bond acceptors (Lipinski definition) is 6. The second-order valence-electron chi connectivity index (χ2n) is 6.59. The summed E-state index contributed by atoms with van der Waals surface area (Å²) in [7, 11) is 0. The van der Waals surface area contributed by atoms with Crippen molar-refractivity contribution in [3.05, 3.63) is 39.4 Å². The van der Waals surface area contributed by atoms with Gasteiger partial charge in [-0.05, 0) is 35.7 Å². The van der Waals surface area contributed by atoms with E-state index >= 15 is 0 Å². The molecule has 2 aliphatic rings. The molecule has 0 bridgehead atoms. The van der Waals surface area contributed by atoms with E-state index in [1.807, 2.05) is 16.8 Å². The van der Waals surface area contributed by atoms with Gasteiger partial charge in [-0.3, -0.25) is 9.59 Å². The van der Waals surface area contributed by atoms with Crippen LogP contribution in [0.15, 0.2) is 29.0 Å². The van der Waals surface area contributed by atoms with Gasteiger partial charge in [-0.2, -0.15) is 0 Å². The Morgan fingerprint density at radius 3 is 2.85 bits per heavy atom. The van der Waals surface area contributed by atoms with Crippen molar-refractivity contribution in [1.29, 1.82) is 0 Å². The molecule has 1 spiro atoms. The van der Waals surface area contributed by atoms with Crippen LogP contribution >= 0.6 is 22.7 Å². The molecule has 0 unspecified atom stereocenters. The molecule has 6 nitrogen and oxygen atoms in total. The molecule has 2 aliphatic heterocycles. The van der Waals surface area contributed by atoms with E-state index in [9.17, 15) is 9.59 Å². The Morgan fingerprint density at radius 1 is 1.15 bits per heavy atom. The summed E-state index contributed by atoms with van der Waals surface area (Å²) in [5.74, 6) is -0.349. The third-order valence-electron chi connectivity index (χ3n) is 4.78. The van der Waals surface area contributed by atoms with Gasteiger partial charge >= 0.3 is 0 Å². The molecule has 2 N–H and O–H groups in total. The normalized spacial score (nSPS) is 25.3. The molecule has 2 saturated heterocycles. The summed E-state index contributed by atoms with van der Waals surface area (Å²) in [6.07, 6.45) is 2.42. The summed E-state index contributed by atoms with van der Waals surface area (Å²) in [5, 5.41) is 10.2. The first-order valence-corrected chi connectivity index (χ1v) is 10.4. The fraction of sp³-hybridized carbons (Fsp3) is 0.444. The van der Waals surface area contributed by atoms with Crippen LogP contribution in [0.4, 0.5) is 5.00 Å². The van der Waals surface area contributed by atoms with Gasteiger partial charge < -0.3 is 20.1 Å². The zero-order valence-corrected chi connectivity index (χ0v) is 15.8. The average Bonchev–Trinajstić information content (AvgIpc) is 3.36. The lowest BCUT2D eigenvalue weighted by Gasteiger charge is -2.37. The van der Waals surface area contributed by atoms with Crippen LogP contribution in [0.3, 0.4) is 0 Å². The van der Waals surface area contributed by atoms with Gasteiger partial charge in [0.1, 0.15) is 5.00 Å². The third-order valence-corrected chi connectivity index (χ3v) is 6.48. The zero-order chi connectivity index (χ0) is 18.0. The van der Waals surface area contributed by atoms with E-state index in [0.29, 0.717) is 35.3 Å². The van der Waals surface area contributed by atoms with Gasteiger partial charge in [0.15, 0.2) is 0 Å². The maximum Gasteiger partial charge on any atom is 0.266 e. The molecule has 2 aromatic rings. The van der Waals surface area contributed by atoms with Crippen molar-refractivity contribution in [1.82, 2.24) is 5.32 Å². The predicted molar refractivity (Wildman–Crippen MR) is 101 cm³/mol. The minimum absolute atomic E-state index is 0.0543. The number of hydrogen-bond donors (Lipinski definition) is 2. The largest absolute Gasteiger partial charge is 0.378 e. The van der Waals surface area contributed by atoms with Crippen molar-refractivity contribution in [2.24, 2.45) is 0 Å². The molecule has 4 heterocycles. The first-order chi connectivity index (χ1) is 12.7. The number of thiophene rings is 2. The molecule has 0 saturated carbocycles. The van der Waals surface area contributed by atoms with Crippen molar-refractivity contribution < 1.29 is 19.1 Å². The second kappa shape index (κ2) is 7.48. The van der Waals surface area contributed by atoms with Gasteiger partial charge in [0, 0.05) is 25.7 Å². The number of rotatable bonds is 4. The maximum atomic E-state index is 12.7. The van der Waals surface area contributed by atoms with E-state index in [2.05, 4.69) is 10.6 Å². The fourth-order valence-electron chi connectivity index (χ4n) is 3.43. The minimum Gasteiger partial charge on any atom is -0.378 e. The van der Waals surface area contributed by atoms with Crippen LogP contribution in [0, 0.1) is 0 Å². The van der Waals surface area contributed by atoms with Crippen LogP contribution in [0.1, 0.15) is 39.3 Å². The number of nitrogens with one attached hydrogen (secondary N) is 2. The molecule has 2 atom stereocenters. The summed E-state index contributed by atoms with van der Waals surface area (Å²) in [6, 6.07) is 5.39. The molecule has 8 heteroatoms. The van der Waals surface area contributed by atoms with E-state index in [-0.39, 0.29) is 23.5 Å². The lowest BCUT2D eigenvalue weighted by atomic mass is 9.89. The minimum atomic E-state index is -0.249. The summed E-state index contributed by atoms with van der Waals surface area (Å²) in [6.45, 7) is 1.93. The van der Waals surface area contributed by atoms with Gasteiger partial charge in [-0.1, -0.05) is 6.07 Å². The SMILES string of the molecule is O=C(Nc1sccc1C(=O)N[C@H]1CCO[C@]2(CCOC2)C1)c1cccs1. The Hall–Kier alpha value is -1.74. The van der Waals surface area contributed by atoms with Crippen LogP contribution < -0.4 is 10.6 Å². The molecule has 0 radical (unpaired) electrons. The maximum absolute atomic E-state index is 12.7. The van der Waals surface area contributed by atoms with Crippen LogP contribution in [-0.4, -0.2) is 43.3 Å². The summed E-state index contributed by atoms with van der Waals surface area (Å²) in [4.78, 5) is 25.6. The van der Waals surface area contributed by atoms with Gasteiger partial charge in [0.2, 0.25) is 0 Å². The Balaban J connectivity index is 1.41. The van der Waals surface area contributed by atoms with E-state index in [4.69, 9.17) is 9.47 Å². The molecule has 0 aliphatic carbocycles. The second-order valence-corrected chi connectivity index (χ2v) is 8.46. The monoisotopic (exact) mass is 392 g/mol. The van der Waals surface area contributed by atoms with Crippen molar-refractivity contribution in [3.63, 3.8) is 0 Å². The number of carbonyl (C=O) groups is 2. The van der Waals surface area contributed by atoms with E-state index < -0.39 is 0 Å². The highest BCUT2D eigenvalue weighted by molar-refractivity contribution is 7.15. The highest BCUT2D eigenvalue weighted by Gasteiger charge is 2.41. The van der Waals surface area contributed by atoms with Crippen molar-refractivity contribution in [2.45, 2.75) is 30.9 Å². The van der Waals surface area contributed by atoms with Crippen molar-refractivity contribution >= 4 is 39.5 Å². The van der Waals surface area contributed by atoms with Gasteiger partial charge in [-0.25, -0.2) is 0 Å². The molecule has 2 fully saturated rings. The number of amides is 2. The predicted octanol–water partition coefficient (Wildman–Crippen LogP) is 3.13. The lowest BCUT2D eigenvalue weighted by Crippen LogP contribution is -2.49. The standard InChI is InChI=1S/C18H20N2O4S2/c21-15(19-12-3-6-24-18(10-12)5-7-23-11-18)13-4-9-26-17(13)20-16(22)14-2-1-8-25-14/h1-2,4,8-9,12H,3,5-7,10-11H2,(H,19,21)(H,20,22)/t12-,18+/m0/s1. The Kier molecular flexibility index (Phi) is 5.08. The van der Waals surface area contributed by atoms with Gasteiger partial charge in [-0.15, -0.1) is 22.7 Å². The quantitative estimate of drug-likeness (QED) is 0.838. The lowest BCUT2D eigenvalue weighted by molar-refractivity contribution is -0.0880. The number of anilines is 1. The fourth-order valence-corrected chi connectivity index (χ4v) is 4.83. The molecule has 2 aromatic heterocycles. The summed E-state index contributed by atoms with van der Waals surface area (Å²) in [5.41, 5.74) is 0.254. The third kappa shape index (κ3) is 3.68. The average molecular weight is 393 g/mol. The van der Waals surface area contributed by atoms with E-state index in [1.165, 1.54) is 22.7 Å². The molecule has 138 valence electrons. The van der Waals surface area contributed by atoms with Gasteiger partial charge in [0.05, 0.1) is 22.6 Å². The first kappa shape index (κ1) is 17.7. The van der Waals surface area contributed by atoms with Crippen LogP contribution in [0.5, 0.6) is 0 Å². The van der Waals surface area contributed by atoms with Crippen LogP contribution in [0.25, 0.3) is 0 Å². The molecule has 2 amide bonds. The van der Waals surface area contributed by atoms with Gasteiger partial charge in [0.25, 0.3) is 11.8 Å². The highest BCUT2D eigenvalue weighted by Crippen LogP contribution is 2.33. The molecular weight excluding hydrogens is 372 g/mol. The molecule has 0 aromatic carbocycles. The Bertz CT molecular complexity index is 781. The summed E-state index contributed by atoms with van der Waals surface area (Å²) < 4.78 is 11.4. The topological polar surface area (TPSA) is 76.7 Å². The first-order valence-electron chi connectivity index (χ1n) is 8.60. The summed E-state index contributed by atoms with van der Waals surface area (Å²) >= 11 is 2.72. The smallest absolute Gasteiger partial charge is 0.266 e. The Labute approximate surface area is 159 Å². The van der Waals surface area contributed by atoms with Crippen LogP contribution in [-0.2, 0) is 9.47 Å². The number of carbonyl (C=O) groups excluding carboxylic acids is 2. The highest BCUT2D eigenvalue weighted by atomic mass is 32.1. The molecule has 4 rings (SSSR count). The van der Waals surface area contributed by atoms with Crippen molar-refractivity contribution in [3.8, 4) is 0 Å². The number of ether oxygens (including phenoxy) is 2. The van der Waals surface area contributed by atoms with E-state index in [1.54, 1.807) is 12.1 Å². The molecule has 26 heavy (non-hydrogen) atoms. The molecular formula is C18H20N2O4S2. The Morgan fingerprint density at radius 2 is 2.08 bits per heavy atom. The zero-order valence-electron chi connectivity index (χ0n) is 14.2.